The van der Waals surface area contributed by atoms with E-state index < -0.39 is 0 Å². The van der Waals surface area contributed by atoms with Crippen LogP contribution in [0, 0.1) is 6.92 Å². The van der Waals surface area contributed by atoms with Crippen LogP contribution >= 0.6 is 0 Å². The van der Waals surface area contributed by atoms with Crippen LogP contribution in [-0.2, 0) is 0 Å². The first-order valence-electron chi connectivity index (χ1n) is 13.9. The summed E-state index contributed by atoms with van der Waals surface area (Å²) < 4.78 is 13.6. The van der Waals surface area contributed by atoms with E-state index in [0.29, 0.717) is 29.9 Å². The molecule has 0 saturated carbocycles. The molecule has 0 spiro atoms. The van der Waals surface area contributed by atoms with Gasteiger partial charge in [-0.25, -0.2) is 15.0 Å². The third-order valence-electron chi connectivity index (χ3n) is 7.38. The fraction of sp³-hybridized carbons (Fsp3) is 0.152. The molecule has 5 aromatic rings. The highest BCUT2D eigenvalue weighted by molar-refractivity contribution is 6.51. The van der Waals surface area contributed by atoms with E-state index in [-0.39, 0.29) is 6.04 Å². The van der Waals surface area contributed by atoms with Gasteiger partial charge in [-0.3, -0.25) is 0 Å². The Bertz CT molecular complexity index is 1840. The van der Waals surface area contributed by atoms with E-state index in [1.807, 2.05) is 97.4 Å². The van der Waals surface area contributed by atoms with Crippen LogP contribution in [0.5, 0.6) is 11.5 Å². The summed E-state index contributed by atoms with van der Waals surface area (Å²) in [6, 6.07) is 29.5. The van der Waals surface area contributed by atoms with E-state index in [2.05, 4.69) is 27.3 Å². The molecule has 0 unspecified atom stereocenters. The number of aliphatic imine (C=N–C) groups is 2. The molecule has 208 valence electrons. The number of benzene rings is 3. The largest absolute Gasteiger partial charge is 0.496 e. The van der Waals surface area contributed by atoms with Gasteiger partial charge in [0.15, 0.2) is 23.3 Å². The Balaban J connectivity index is 1.50. The zero-order chi connectivity index (χ0) is 28.6. The summed E-state index contributed by atoms with van der Waals surface area (Å²) in [5.41, 5.74) is 5.37. The summed E-state index contributed by atoms with van der Waals surface area (Å²) in [6.45, 7) is 4.53. The van der Waals surface area contributed by atoms with Crippen molar-refractivity contribution < 1.29 is 9.47 Å². The van der Waals surface area contributed by atoms with Crippen LogP contribution < -0.4 is 19.7 Å². The lowest BCUT2D eigenvalue weighted by Crippen LogP contribution is -2.46. The lowest BCUT2D eigenvalue weighted by molar-refractivity contribution is 0.342. The number of rotatable bonds is 6. The predicted octanol–water partition coefficient (Wildman–Crippen LogP) is 6.78. The lowest BCUT2D eigenvalue weighted by atomic mass is 9.92. The molecule has 7 rings (SSSR count). The third kappa shape index (κ3) is 4.17. The molecule has 2 aromatic heterocycles. The first-order valence-corrected chi connectivity index (χ1v) is 13.9. The molecule has 2 aliphatic rings. The number of fused-ring (bicyclic) bond motifs is 4. The van der Waals surface area contributed by atoms with Gasteiger partial charge in [0.05, 0.1) is 42.5 Å². The molecule has 9 nitrogen and oxygen atoms in total. The second kappa shape index (κ2) is 10.5. The van der Waals surface area contributed by atoms with Crippen LogP contribution in [0.3, 0.4) is 0 Å². The zero-order valence-corrected chi connectivity index (χ0v) is 23.5. The number of hydrogen-bond acceptors (Lipinski definition) is 8. The van der Waals surface area contributed by atoms with E-state index >= 15 is 0 Å². The number of aromatic nitrogens is 3. The Morgan fingerprint density at radius 1 is 0.857 bits per heavy atom. The normalized spacial score (nSPS) is 15.1. The van der Waals surface area contributed by atoms with Crippen LogP contribution in [-0.4, -0.2) is 40.2 Å². The Morgan fingerprint density at radius 3 is 2.43 bits per heavy atom. The van der Waals surface area contributed by atoms with Gasteiger partial charge in [-0.05, 0) is 56.3 Å². The highest BCUT2D eigenvalue weighted by Crippen LogP contribution is 2.49. The SMILES string of the molecule is CCOc1ccccc1NC1=Nc2ccccc2N2C1=Nc1c(c(C)nn1-c1ccccn1)[C@@H]2c1ccccc1OC. The number of nitrogens with one attached hydrogen (secondary N) is 1. The molecule has 2 aliphatic heterocycles. The van der Waals surface area contributed by atoms with Crippen molar-refractivity contribution in [3.05, 3.63) is 114 Å². The van der Waals surface area contributed by atoms with Crippen LogP contribution in [0.2, 0.25) is 0 Å². The molecule has 0 aliphatic carbocycles. The number of ether oxygens (including phenoxy) is 2. The number of amidine groups is 2. The minimum absolute atomic E-state index is 0.309. The molecule has 4 heterocycles. The van der Waals surface area contributed by atoms with Gasteiger partial charge in [-0.15, -0.1) is 0 Å². The molecule has 9 heteroatoms. The summed E-state index contributed by atoms with van der Waals surface area (Å²) in [5, 5.41) is 8.50. The molecule has 1 atom stereocenters. The highest BCUT2D eigenvalue weighted by Gasteiger charge is 2.42. The van der Waals surface area contributed by atoms with E-state index in [1.165, 1.54) is 0 Å². The Morgan fingerprint density at radius 2 is 1.62 bits per heavy atom. The molecule has 0 saturated heterocycles. The van der Waals surface area contributed by atoms with E-state index in [9.17, 15) is 0 Å². The fourth-order valence-corrected chi connectivity index (χ4v) is 5.60. The average Bonchev–Trinajstić information content (AvgIpc) is 3.37. The summed E-state index contributed by atoms with van der Waals surface area (Å²) in [5.74, 6) is 4.14. The van der Waals surface area contributed by atoms with Crippen LogP contribution in [0.25, 0.3) is 5.82 Å². The van der Waals surface area contributed by atoms with Gasteiger partial charge in [-0.1, -0.05) is 48.5 Å². The number of pyridine rings is 1. The van der Waals surface area contributed by atoms with Crippen molar-refractivity contribution in [3.63, 3.8) is 0 Å². The number of anilines is 2. The topological polar surface area (TPSA) is 89.2 Å². The van der Waals surface area contributed by atoms with Crippen molar-refractivity contribution in [1.29, 1.82) is 0 Å². The number of aryl methyl sites for hydroxylation is 1. The number of para-hydroxylation sites is 5. The van der Waals surface area contributed by atoms with Crippen molar-refractivity contribution in [3.8, 4) is 17.3 Å². The standard InChI is InChI=1S/C33H29N7O2/c1-4-42-27-18-10-7-15-24(27)36-31-33-37-32-29(21(2)38-40(32)28-19-11-12-20-34-28)30(22-13-5-9-17-26(22)41-3)39(33)25-16-8-6-14-23(25)35-31/h5-20,30H,4H2,1-3H3,(H,35,36)/t30-/m0/s1. The van der Waals surface area contributed by atoms with Gasteiger partial charge >= 0.3 is 0 Å². The monoisotopic (exact) mass is 555 g/mol. The minimum Gasteiger partial charge on any atom is -0.496 e. The molecule has 42 heavy (non-hydrogen) atoms. The summed E-state index contributed by atoms with van der Waals surface area (Å²) >= 11 is 0. The van der Waals surface area contributed by atoms with Gasteiger partial charge < -0.3 is 19.7 Å². The maximum Gasteiger partial charge on any atom is 0.179 e. The number of methoxy groups -OCH3 is 1. The Kier molecular flexibility index (Phi) is 6.39. The molecule has 0 bridgehead atoms. The van der Waals surface area contributed by atoms with Crippen molar-refractivity contribution in [2.75, 3.05) is 23.9 Å². The van der Waals surface area contributed by atoms with E-state index in [0.717, 1.165) is 45.4 Å². The maximum absolute atomic E-state index is 5.93. The Labute approximate surface area is 243 Å². The van der Waals surface area contributed by atoms with E-state index in [4.69, 9.17) is 24.6 Å². The van der Waals surface area contributed by atoms with Gasteiger partial charge in [0, 0.05) is 17.3 Å². The van der Waals surface area contributed by atoms with Crippen LogP contribution in [0.1, 0.15) is 29.8 Å². The smallest absolute Gasteiger partial charge is 0.179 e. The van der Waals surface area contributed by atoms with Crippen molar-refractivity contribution in [1.82, 2.24) is 14.8 Å². The number of nitrogens with zero attached hydrogens (tertiary/aromatic N) is 6. The molecular weight excluding hydrogens is 526 g/mol. The Hall–Kier alpha value is -5.44. The number of hydrogen-bond donors (Lipinski definition) is 1. The molecule has 1 N–H and O–H groups in total. The average molecular weight is 556 g/mol. The second-order valence-corrected chi connectivity index (χ2v) is 9.88. The van der Waals surface area contributed by atoms with E-state index in [1.54, 1.807) is 13.3 Å². The molecule has 0 amide bonds. The molecular formula is C33H29N7O2. The van der Waals surface area contributed by atoms with Crippen molar-refractivity contribution in [2.24, 2.45) is 9.98 Å². The van der Waals surface area contributed by atoms with Gasteiger partial charge in [0.25, 0.3) is 0 Å². The summed E-state index contributed by atoms with van der Waals surface area (Å²) in [6.07, 6.45) is 1.76. The van der Waals surface area contributed by atoms with Gasteiger partial charge in [0.1, 0.15) is 11.5 Å². The van der Waals surface area contributed by atoms with Crippen LogP contribution in [0.4, 0.5) is 22.9 Å². The first kappa shape index (κ1) is 25.5. The summed E-state index contributed by atoms with van der Waals surface area (Å²) in [4.78, 5) is 17.2. The van der Waals surface area contributed by atoms with Gasteiger partial charge in [-0.2, -0.15) is 9.78 Å². The molecule has 3 aromatic carbocycles. The predicted molar refractivity (Wildman–Crippen MR) is 165 cm³/mol. The lowest BCUT2D eigenvalue weighted by Gasteiger charge is -2.41. The fourth-order valence-electron chi connectivity index (χ4n) is 5.60. The van der Waals surface area contributed by atoms with Crippen molar-refractivity contribution in [2.45, 2.75) is 19.9 Å². The summed E-state index contributed by atoms with van der Waals surface area (Å²) in [7, 11) is 1.70. The first-order chi connectivity index (χ1) is 20.7. The highest BCUT2D eigenvalue weighted by atomic mass is 16.5. The van der Waals surface area contributed by atoms with Crippen LogP contribution in [0.15, 0.2) is 107 Å². The third-order valence-corrected chi connectivity index (χ3v) is 7.38. The zero-order valence-electron chi connectivity index (χ0n) is 23.5. The molecule has 0 fully saturated rings. The molecule has 0 radical (unpaired) electrons. The quantitative estimate of drug-likeness (QED) is 0.249. The maximum atomic E-state index is 5.93. The second-order valence-electron chi connectivity index (χ2n) is 9.88. The minimum atomic E-state index is -0.309. The van der Waals surface area contributed by atoms with Crippen molar-refractivity contribution >= 4 is 34.6 Å². The van der Waals surface area contributed by atoms with Gasteiger partial charge in [0.2, 0.25) is 0 Å².